The van der Waals surface area contributed by atoms with Gasteiger partial charge in [0.05, 0.1) is 10.6 Å². The fraction of sp³-hybridized carbons (Fsp3) is 0.278. The molecule has 1 N–H and O–H groups in total. The molecule has 25 heavy (non-hydrogen) atoms. The van der Waals surface area contributed by atoms with Crippen molar-refractivity contribution in [2.24, 2.45) is 0 Å². The molecular formula is C18H19BrN2O3S. The molecule has 0 radical (unpaired) electrons. The van der Waals surface area contributed by atoms with E-state index in [2.05, 4.69) is 20.7 Å². The molecule has 0 aromatic heterocycles. The number of carbonyl (C=O) groups is 1. The van der Waals surface area contributed by atoms with Crippen LogP contribution in [0.25, 0.3) is 0 Å². The predicted molar refractivity (Wildman–Crippen MR) is 102 cm³/mol. The Hall–Kier alpha value is -1.86. The molecule has 0 spiro atoms. The molecule has 2 aromatic carbocycles. The number of aryl methyl sites for hydroxylation is 1. The standard InChI is InChI=1S/C18H19BrN2O3S/c1-2-18(22)21-11-3-4-13-5-8-15(12-17(13)21)20-25(23,24)16-9-6-14(19)7-10-16/h5-10,12,20H,2-4,11H2,1H3. The second-order valence-corrected chi connectivity index (χ2v) is 8.50. The lowest BCUT2D eigenvalue weighted by Gasteiger charge is -2.29. The summed E-state index contributed by atoms with van der Waals surface area (Å²) in [6.45, 7) is 2.50. The van der Waals surface area contributed by atoms with Gasteiger partial charge in [-0.3, -0.25) is 9.52 Å². The molecule has 3 rings (SSSR count). The van der Waals surface area contributed by atoms with Gasteiger partial charge in [0.2, 0.25) is 5.91 Å². The van der Waals surface area contributed by atoms with E-state index < -0.39 is 10.0 Å². The maximum atomic E-state index is 12.5. The molecule has 1 heterocycles. The first-order valence-electron chi connectivity index (χ1n) is 8.12. The van der Waals surface area contributed by atoms with E-state index in [0.717, 1.165) is 28.6 Å². The largest absolute Gasteiger partial charge is 0.312 e. The number of anilines is 2. The number of sulfonamides is 1. The normalized spacial score (nSPS) is 14.1. The van der Waals surface area contributed by atoms with Crippen molar-refractivity contribution in [3.8, 4) is 0 Å². The molecule has 0 bridgehead atoms. The van der Waals surface area contributed by atoms with Gasteiger partial charge in [-0.1, -0.05) is 28.9 Å². The number of nitrogens with one attached hydrogen (secondary N) is 1. The Labute approximate surface area is 156 Å². The zero-order valence-electron chi connectivity index (χ0n) is 13.8. The highest BCUT2D eigenvalue weighted by molar-refractivity contribution is 9.10. The topological polar surface area (TPSA) is 66.5 Å². The van der Waals surface area contributed by atoms with Crippen LogP contribution < -0.4 is 9.62 Å². The summed E-state index contributed by atoms with van der Waals surface area (Å²) in [6, 6.07) is 11.8. The third kappa shape index (κ3) is 3.88. The van der Waals surface area contributed by atoms with Crippen molar-refractivity contribution in [2.75, 3.05) is 16.2 Å². The molecule has 2 aromatic rings. The number of rotatable bonds is 4. The lowest BCUT2D eigenvalue weighted by atomic mass is 10.0. The maximum absolute atomic E-state index is 12.5. The van der Waals surface area contributed by atoms with Crippen molar-refractivity contribution >= 4 is 43.2 Å². The second kappa shape index (κ2) is 7.17. The molecule has 7 heteroatoms. The summed E-state index contributed by atoms with van der Waals surface area (Å²) in [6.07, 6.45) is 2.24. The number of hydrogen-bond acceptors (Lipinski definition) is 3. The van der Waals surface area contributed by atoms with Crippen LogP contribution in [-0.2, 0) is 21.2 Å². The number of hydrogen-bond donors (Lipinski definition) is 1. The first-order chi connectivity index (χ1) is 11.9. The molecule has 0 saturated heterocycles. The van der Waals surface area contributed by atoms with E-state index in [0.29, 0.717) is 18.7 Å². The summed E-state index contributed by atoms with van der Waals surface area (Å²) < 4.78 is 28.5. The van der Waals surface area contributed by atoms with E-state index in [9.17, 15) is 13.2 Å². The van der Waals surface area contributed by atoms with Gasteiger partial charge in [0.1, 0.15) is 0 Å². The van der Waals surface area contributed by atoms with Gasteiger partial charge < -0.3 is 4.90 Å². The average Bonchev–Trinajstić information content (AvgIpc) is 2.60. The third-order valence-electron chi connectivity index (χ3n) is 4.18. The maximum Gasteiger partial charge on any atom is 0.261 e. The molecule has 0 saturated carbocycles. The predicted octanol–water partition coefficient (Wildman–Crippen LogP) is 3.94. The summed E-state index contributed by atoms with van der Waals surface area (Å²) in [5.41, 5.74) is 2.33. The van der Waals surface area contributed by atoms with Gasteiger partial charge in [0.25, 0.3) is 10.0 Å². The van der Waals surface area contributed by atoms with Crippen LogP contribution in [0.1, 0.15) is 25.3 Å². The van der Waals surface area contributed by atoms with Gasteiger partial charge in [-0.05, 0) is 54.8 Å². The fourth-order valence-electron chi connectivity index (χ4n) is 2.92. The van der Waals surface area contributed by atoms with Crippen molar-refractivity contribution in [1.82, 2.24) is 0 Å². The quantitative estimate of drug-likeness (QED) is 0.810. The second-order valence-electron chi connectivity index (χ2n) is 5.91. The number of fused-ring (bicyclic) bond motifs is 1. The molecule has 5 nitrogen and oxygen atoms in total. The molecule has 0 fully saturated rings. The molecule has 0 aliphatic carbocycles. The lowest BCUT2D eigenvalue weighted by molar-refractivity contribution is -0.118. The number of benzene rings is 2. The molecule has 1 aliphatic rings. The number of halogens is 1. The molecule has 1 aliphatic heterocycles. The lowest BCUT2D eigenvalue weighted by Crippen LogP contribution is -2.35. The fourth-order valence-corrected chi connectivity index (χ4v) is 4.23. The highest BCUT2D eigenvalue weighted by Gasteiger charge is 2.22. The van der Waals surface area contributed by atoms with Gasteiger partial charge in [-0.25, -0.2) is 8.42 Å². The van der Waals surface area contributed by atoms with Gasteiger partial charge in [0, 0.05) is 23.1 Å². The molecular weight excluding hydrogens is 404 g/mol. The Morgan fingerprint density at radius 1 is 1.20 bits per heavy atom. The van der Waals surface area contributed by atoms with Crippen LogP contribution in [0.15, 0.2) is 51.8 Å². The van der Waals surface area contributed by atoms with Crippen LogP contribution in [-0.4, -0.2) is 20.9 Å². The van der Waals surface area contributed by atoms with E-state index in [4.69, 9.17) is 0 Å². The number of amides is 1. The number of nitrogens with zero attached hydrogens (tertiary/aromatic N) is 1. The smallest absolute Gasteiger partial charge is 0.261 e. The Kier molecular flexibility index (Phi) is 5.15. The van der Waals surface area contributed by atoms with Crippen molar-refractivity contribution in [2.45, 2.75) is 31.1 Å². The van der Waals surface area contributed by atoms with Gasteiger partial charge >= 0.3 is 0 Å². The molecule has 1 amide bonds. The van der Waals surface area contributed by atoms with Crippen LogP contribution in [0, 0.1) is 0 Å². The Morgan fingerprint density at radius 2 is 1.92 bits per heavy atom. The van der Waals surface area contributed by atoms with Crippen molar-refractivity contribution in [3.05, 3.63) is 52.5 Å². The Bertz CT molecular complexity index is 895. The van der Waals surface area contributed by atoms with E-state index in [1.165, 1.54) is 12.1 Å². The minimum absolute atomic E-state index is 0.0499. The van der Waals surface area contributed by atoms with Crippen molar-refractivity contribution in [1.29, 1.82) is 0 Å². The average molecular weight is 423 g/mol. The minimum Gasteiger partial charge on any atom is -0.312 e. The first kappa shape index (κ1) is 17.9. The summed E-state index contributed by atoms with van der Waals surface area (Å²) in [5.74, 6) is 0.0499. The Balaban J connectivity index is 1.91. The Morgan fingerprint density at radius 3 is 2.60 bits per heavy atom. The number of carbonyl (C=O) groups excluding carboxylic acids is 1. The summed E-state index contributed by atoms with van der Waals surface area (Å²) in [4.78, 5) is 14.1. The SMILES string of the molecule is CCC(=O)N1CCCc2ccc(NS(=O)(=O)c3ccc(Br)cc3)cc21. The first-order valence-corrected chi connectivity index (χ1v) is 10.4. The highest BCUT2D eigenvalue weighted by atomic mass is 79.9. The van der Waals surface area contributed by atoms with Gasteiger partial charge in [-0.15, -0.1) is 0 Å². The molecule has 132 valence electrons. The van der Waals surface area contributed by atoms with E-state index in [1.54, 1.807) is 29.2 Å². The van der Waals surface area contributed by atoms with Gasteiger partial charge in [-0.2, -0.15) is 0 Å². The van der Waals surface area contributed by atoms with Crippen molar-refractivity contribution < 1.29 is 13.2 Å². The minimum atomic E-state index is -3.67. The zero-order valence-corrected chi connectivity index (χ0v) is 16.2. The van der Waals surface area contributed by atoms with Crippen LogP contribution in [0.5, 0.6) is 0 Å². The monoisotopic (exact) mass is 422 g/mol. The van der Waals surface area contributed by atoms with Gasteiger partial charge in [0.15, 0.2) is 0 Å². The van der Waals surface area contributed by atoms with Crippen LogP contribution >= 0.6 is 15.9 Å². The molecule has 0 atom stereocenters. The summed E-state index contributed by atoms with van der Waals surface area (Å²) in [7, 11) is -3.67. The van der Waals surface area contributed by atoms with Crippen molar-refractivity contribution in [3.63, 3.8) is 0 Å². The zero-order chi connectivity index (χ0) is 18.0. The van der Waals surface area contributed by atoms with Crippen LogP contribution in [0.2, 0.25) is 0 Å². The van der Waals surface area contributed by atoms with E-state index >= 15 is 0 Å². The molecule has 0 unspecified atom stereocenters. The van der Waals surface area contributed by atoms with E-state index in [-0.39, 0.29) is 10.8 Å². The van der Waals surface area contributed by atoms with E-state index in [1.807, 2.05) is 13.0 Å². The summed E-state index contributed by atoms with van der Waals surface area (Å²) in [5, 5.41) is 0. The van der Waals surface area contributed by atoms with Crippen LogP contribution in [0.3, 0.4) is 0 Å². The summed E-state index contributed by atoms with van der Waals surface area (Å²) >= 11 is 3.29. The van der Waals surface area contributed by atoms with Crippen LogP contribution in [0.4, 0.5) is 11.4 Å². The third-order valence-corrected chi connectivity index (χ3v) is 6.11. The highest BCUT2D eigenvalue weighted by Crippen LogP contribution is 2.31.